The first kappa shape index (κ1) is 20.9. The van der Waals surface area contributed by atoms with Crippen molar-refractivity contribution in [2.75, 3.05) is 0 Å². The zero-order chi connectivity index (χ0) is 21.2. The molecule has 0 fully saturated rings. The predicted molar refractivity (Wildman–Crippen MR) is 106 cm³/mol. The van der Waals surface area contributed by atoms with Crippen molar-refractivity contribution in [3.63, 3.8) is 0 Å². The van der Waals surface area contributed by atoms with Crippen LogP contribution in [-0.4, -0.2) is 23.9 Å². The Bertz CT molecular complexity index is 1170. The average molecular weight is 419 g/mol. The molecule has 1 heterocycles. The minimum absolute atomic E-state index is 0.0381. The molecule has 0 spiro atoms. The third kappa shape index (κ3) is 4.63. The SMILES string of the molecule is CCCCn1c(COC(=O)c2ccc(C)c(F)c2)nc2cc(S(N)(=O)=O)ccc21. The monoisotopic (exact) mass is 419 g/mol. The fourth-order valence-electron chi connectivity index (χ4n) is 2.95. The maximum Gasteiger partial charge on any atom is 0.338 e. The number of nitrogens with two attached hydrogens (primary N) is 1. The lowest BCUT2D eigenvalue weighted by Crippen LogP contribution is -2.12. The maximum atomic E-state index is 13.7. The van der Waals surface area contributed by atoms with Crippen molar-refractivity contribution < 1.29 is 22.3 Å². The van der Waals surface area contributed by atoms with Crippen molar-refractivity contribution in [2.45, 2.75) is 44.7 Å². The van der Waals surface area contributed by atoms with Crippen LogP contribution in [0.1, 0.15) is 41.5 Å². The number of unbranched alkanes of at least 4 members (excludes halogenated alkanes) is 1. The van der Waals surface area contributed by atoms with Crippen LogP contribution in [-0.2, 0) is 27.9 Å². The third-order valence-corrected chi connectivity index (χ3v) is 5.51. The first-order valence-corrected chi connectivity index (χ1v) is 10.7. The van der Waals surface area contributed by atoms with Crippen molar-refractivity contribution in [3.8, 4) is 0 Å². The van der Waals surface area contributed by atoms with Gasteiger partial charge in [0.2, 0.25) is 10.0 Å². The summed E-state index contributed by atoms with van der Waals surface area (Å²) in [7, 11) is -3.85. The number of carbonyl (C=O) groups excluding carboxylic acids is 1. The van der Waals surface area contributed by atoms with Crippen LogP contribution in [0, 0.1) is 12.7 Å². The molecule has 29 heavy (non-hydrogen) atoms. The quantitative estimate of drug-likeness (QED) is 0.592. The van der Waals surface area contributed by atoms with Crippen molar-refractivity contribution in [2.24, 2.45) is 5.14 Å². The first-order chi connectivity index (χ1) is 13.7. The number of hydrogen-bond acceptors (Lipinski definition) is 5. The normalized spacial score (nSPS) is 11.7. The van der Waals surface area contributed by atoms with E-state index in [1.165, 1.54) is 24.3 Å². The Balaban J connectivity index is 1.90. The van der Waals surface area contributed by atoms with E-state index in [0.29, 0.717) is 23.4 Å². The summed E-state index contributed by atoms with van der Waals surface area (Å²) < 4.78 is 44.1. The summed E-state index contributed by atoms with van der Waals surface area (Å²) in [4.78, 5) is 16.7. The standard InChI is InChI=1S/C20H22FN3O4S/c1-3-4-9-24-18-8-7-15(29(22,26)27)11-17(18)23-19(24)12-28-20(25)14-6-5-13(2)16(21)10-14/h5-8,10-11H,3-4,9,12H2,1-2H3,(H2,22,26,27). The van der Waals surface area contributed by atoms with Gasteiger partial charge < -0.3 is 9.30 Å². The van der Waals surface area contributed by atoms with Gasteiger partial charge in [0.1, 0.15) is 18.2 Å². The number of imidazole rings is 1. The van der Waals surface area contributed by atoms with Gasteiger partial charge in [0, 0.05) is 6.54 Å². The zero-order valence-electron chi connectivity index (χ0n) is 16.2. The number of hydrogen-bond donors (Lipinski definition) is 1. The van der Waals surface area contributed by atoms with Gasteiger partial charge in [-0.2, -0.15) is 0 Å². The van der Waals surface area contributed by atoms with Crippen molar-refractivity contribution in [1.82, 2.24) is 9.55 Å². The third-order valence-electron chi connectivity index (χ3n) is 4.60. The van der Waals surface area contributed by atoms with Gasteiger partial charge in [-0.15, -0.1) is 0 Å². The summed E-state index contributed by atoms with van der Waals surface area (Å²) in [5, 5.41) is 5.20. The number of aryl methyl sites for hydroxylation is 2. The molecule has 0 aliphatic rings. The summed E-state index contributed by atoms with van der Waals surface area (Å²) in [5.41, 5.74) is 1.72. The Kier molecular flexibility index (Phi) is 5.99. The molecule has 0 saturated carbocycles. The number of esters is 1. The molecule has 154 valence electrons. The molecule has 0 amide bonds. The molecule has 3 aromatic rings. The number of primary sulfonamides is 1. The minimum Gasteiger partial charge on any atom is -0.454 e. The molecule has 7 nitrogen and oxygen atoms in total. The van der Waals surface area contributed by atoms with Crippen LogP contribution >= 0.6 is 0 Å². The molecular formula is C20H22FN3O4S. The van der Waals surface area contributed by atoms with E-state index in [0.717, 1.165) is 24.4 Å². The summed E-state index contributed by atoms with van der Waals surface area (Å²) >= 11 is 0. The summed E-state index contributed by atoms with van der Waals surface area (Å²) in [6, 6.07) is 8.60. The number of carbonyl (C=O) groups is 1. The van der Waals surface area contributed by atoms with E-state index in [2.05, 4.69) is 4.98 Å². The number of ether oxygens (including phenoxy) is 1. The Morgan fingerprint density at radius 1 is 1.24 bits per heavy atom. The van der Waals surface area contributed by atoms with E-state index in [9.17, 15) is 17.6 Å². The zero-order valence-corrected chi connectivity index (χ0v) is 17.0. The Hall–Kier alpha value is -2.78. The van der Waals surface area contributed by atoms with Crippen LogP contribution in [0.2, 0.25) is 0 Å². The van der Waals surface area contributed by atoms with Gasteiger partial charge >= 0.3 is 5.97 Å². The molecular weight excluding hydrogens is 397 g/mol. The molecule has 2 N–H and O–H groups in total. The van der Waals surface area contributed by atoms with Gasteiger partial charge in [0.25, 0.3) is 0 Å². The Labute approximate surface area is 168 Å². The summed E-state index contributed by atoms with van der Waals surface area (Å²) in [5.74, 6) is -0.672. The Morgan fingerprint density at radius 2 is 2.00 bits per heavy atom. The molecule has 0 aliphatic heterocycles. The predicted octanol–water partition coefficient (Wildman–Crippen LogP) is 3.29. The van der Waals surface area contributed by atoms with E-state index in [1.54, 1.807) is 13.0 Å². The van der Waals surface area contributed by atoms with Crippen molar-refractivity contribution >= 4 is 27.0 Å². The largest absolute Gasteiger partial charge is 0.454 e. The van der Waals surface area contributed by atoms with Crippen molar-refractivity contribution in [1.29, 1.82) is 0 Å². The molecule has 0 bridgehead atoms. The van der Waals surface area contributed by atoms with Gasteiger partial charge in [0.05, 0.1) is 21.5 Å². The number of benzene rings is 2. The topological polar surface area (TPSA) is 104 Å². The highest BCUT2D eigenvalue weighted by Crippen LogP contribution is 2.22. The molecule has 0 saturated heterocycles. The number of aromatic nitrogens is 2. The first-order valence-electron chi connectivity index (χ1n) is 9.16. The van der Waals surface area contributed by atoms with Gasteiger partial charge in [-0.05, 0) is 49.2 Å². The van der Waals surface area contributed by atoms with E-state index in [4.69, 9.17) is 9.88 Å². The van der Waals surface area contributed by atoms with E-state index in [1.807, 2.05) is 11.5 Å². The van der Waals surface area contributed by atoms with Crippen LogP contribution in [0.25, 0.3) is 11.0 Å². The maximum absolute atomic E-state index is 13.7. The van der Waals surface area contributed by atoms with Gasteiger partial charge in [-0.3, -0.25) is 0 Å². The van der Waals surface area contributed by atoms with Gasteiger partial charge in [-0.25, -0.2) is 27.7 Å². The second kappa shape index (κ2) is 8.30. The van der Waals surface area contributed by atoms with Crippen LogP contribution in [0.5, 0.6) is 0 Å². The minimum atomic E-state index is -3.85. The number of halogens is 1. The summed E-state index contributed by atoms with van der Waals surface area (Å²) in [6.45, 7) is 4.16. The molecule has 2 aromatic carbocycles. The fourth-order valence-corrected chi connectivity index (χ4v) is 3.48. The lowest BCUT2D eigenvalue weighted by molar-refractivity contribution is 0.0458. The second-order valence-electron chi connectivity index (χ2n) is 6.77. The van der Waals surface area contributed by atoms with E-state index >= 15 is 0 Å². The van der Waals surface area contributed by atoms with Crippen LogP contribution in [0.3, 0.4) is 0 Å². The van der Waals surface area contributed by atoms with E-state index in [-0.39, 0.29) is 17.1 Å². The van der Waals surface area contributed by atoms with Crippen LogP contribution in [0.15, 0.2) is 41.3 Å². The molecule has 3 rings (SSSR count). The lowest BCUT2D eigenvalue weighted by Gasteiger charge is -2.10. The highest BCUT2D eigenvalue weighted by molar-refractivity contribution is 7.89. The Morgan fingerprint density at radius 3 is 2.66 bits per heavy atom. The highest BCUT2D eigenvalue weighted by atomic mass is 32.2. The second-order valence-corrected chi connectivity index (χ2v) is 8.33. The average Bonchev–Trinajstić information content (AvgIpc) is 3.02. The number of nitrogens with zero attached hydrogens (tertiary/aromatic N) is 2. The molecule has 1 aromatic heterocycles. The molecule has 0 aliphatic carbocycles. The van der Waals surface area contributed by atoms with Crippen molar-refractivity contribution in [3.05, 3.63) is 59.2 Å². The molecule has 0 radical (unpaired) electrons. The van der Waals surface area contributed by atoms with Crippen LogP contribution < -0.4 is 5.14 Å². The summed E-state index contributed by atoms with van der Waals surface area (Å²) in [6.07, 6.45) is 1.81. The molecule has 9 heteroatoms. The fraction of sp³-hybridized carbons (Fsp3) is 0.300. The smallest absolute Gasteiger partial charge is 0.338 e. The van der Waals surface area contributed by atoms with Crippen LogP contribution in [0.4, 0.5) is 4.39 Å². The number of rotatable bonds is 7. The van der Waals surface area contributed by atoms with Gasteiger partial charge in [-0.1, -0.05) is 19.4 Å². The molecule has 0 atom stereocenters. The van der Waals surface area contributed by atoms with E-state index < -0.39 is 21.8 Å². The lowest BCUT2D eigenvalue weighted by atomic mass is 10.1. The molecule has 0 unspecified atom stereocenters. The number of sulfonamides is 1. The van der Waals surface area contributed by atoms with Gasteiger partial charge in [0.15, 0.2) is 0 Å². The number of fused-ring (bicyclic) bond motifs is 1. The highest BCUT2D eigenvalue weighted by Gasteiger charge is 2.17.